The van der Waals surface area contributed by atoms with E-state index in [4.69, 9.17) is 11.0 Å². The molecule has 1 amide bonds. The predicted octanol–water partition coefficient (Wildman–Crippen LogP) is 0.424. The molecule has 0 saturated carbocycles. The van der Waals surface area contributed by atoms with Gasteiger partial charge in [-0.3, -0.25) is 4.79 Å². The maximum atomic E-state index is 12.2. The van der Waals surface area contributed by atoms with Crippen molar-refractivity contribution in [3.8, 4) is 6.07 Å². The van der Waals surface area contributed by atoms with Crippen molar-refractivity contribution in [1.29, 1.82) is 5.26 Å². The topological polar surface area (TPSA) is 116 Å². The van der Waals surface area contributed by atoms with Gasteiger partial charge in [0.15, 0.2) is 0 Å². The summed E-state index contributed by atoms with van der Waals surface area (Å²) in [5.74, 6) is -0.365. The van der Waals surface area contributed by atoms with Crippen LogP contribution in [0.3, 0.4) is 0 Å². The number of primary amides is 1. The summed E-state index contributed by atoms with van der Waals surface area (Å²) in [7, 11) is -3.56. The van der Waals surface area contributed by atoms with Crippen molar-refractivity contribution >= 4 is 15.9 Å². The third-order valence-electron chi connectivity index (χ3n) is 4.14. The highest BCUT2D eigenvalue weighted by molar-refractivity contribution is 7.89. The largest absolute Gasteiger partial charge is 0.369 e. The van der Waals surface area contributed by atoms with Crippen molar-refractivity contribution in [2.75, 3.05) is 26.2 Å². The number of nitrogens with zero attached hydrogens (tertiary/aromatic N) is 2. The zero-order valence-corrected chi connectivity index (χ0v) is 14.3. The number of benzene rings is 1. The van der Waals surface area contributed by atoms with Crippen LogP contribution in [0.5, 0.6) is 0 Å². The summed E-state index contributed by atoms with van der Waals surface area (Å²) in [5, 5.41) is 8.73. The molecule has 1 aliphatic rings. The number of sulfonamides is 1. The Morgan fingerprint density at radius 2 is 2.08 bits per heavy atom. The highest BCUT2D eigenvalue weighted by atomic mass is 32.2. The van der Waals surface area contributed by atoms with Gasteiger partial charge >= 0.3 is 0 Å². The highest BCUT2D eigenvalue weighted by Gasteiger charge is 2.23. The summed E-state index contributed by atoms with van der Waals surface area (Å²) < 4.78 is 26.9. The molecule has 0 radical (unpaired) electrons. The van der Waals surface area contributed by atoms with Crippen molar-refractivity contribution in [1.82, 2.24) is 9.62 Å². The molecular weight excluding hydrogens is 328 g/mol. The quantitative estimate of drug-likeness (QED) is 0.692. The molecule has 1 aromatic carbocycles. The lowest BCUT2D eigenvalue weighted by molar-refractivity contribution is -0.123. The number of amides is 1. The second-order valence-corrected chi connectivity index (χ2v) is 7.70. The average molecular weight is 350 g/mol. The smallest absolute Gasteiger partial charge is 0.240 e. The standard InChI is InChI=1S/C16H22N4O3S/c17-11-13-4-6-15(7-5-13)24(22,23)19-8-2-10-20-9-1-3-14(12-20)16(18)21/h4-7,14,19H,1-3,8-10,12H2,(H2,18,21)/t14-/m1/s1. The monoisotopic (exact) mass is 350 g/mol. The number of likely N-dealkylation sites (tertiary alicyclic amines) is 1. The average Bonchev–Trinajstić information content (AvgIpc) is 2.59. The predicted molar refractivity (Wildman–Crippen MR) is 89.3 cm³/mol. The van der Waals surface area contributed by atoms with Crippen molar-refractivity contribution in [3.63, 3.8) is 0 Å². The lowest BCUT2D eigenvalue weighted by Crippen LogP contribution is -2.42. The fourth-order valence-electron chi connectivity index (χ4n) is 2.79. The Labute approximate surface area is 142 Å². The molecule has 1 atom stereocenters. The minimum atomic E-state index is -3.56. The molecule has 0 bridgehead atoms. The summed E-state index contributed by atoms with van der Waals surface area (Å²) >= 11 is 0. The summed E-state index contributed by atoms with van der Waals surface area (Å²) in [6.07, 6.45) is 2.42. The number of nitrogens with two attached hydrogens (primary N) is 1. The number of hydrogen-bond acceptors (Lipinski definition) is 5. The number of nitrogens with one attached hydrogen (secondary N) is 1. The minimum absolute atomic E-state index is 0.103. The lowest BCUT2D eigenvalue weighted by atomic mass is 9.97. The molecule has 2 rings (SSSR count). The normalized spacial score (nSPS) is 18.9. The molecule has 1 heterocycles. The Kier molecular flexibility index (Phi) is 6.31. The molecule has 0 unspecified atom stereocenters. The van der Waals surface area contributed by atoms with Crippen molar-refractivity contribution < 1.29 is 13.2 Å². The van der Waals surface area contributed by atoms with E-state index in [2.05, 4.69) is 9.62 Å². The first kappa shape index (κ1) is 18.4. The van der Waals surface area contributed by atoms with Gasteiger partial charge in [-0.05, 0) is 56.6 Å². The molecular formula is C16H22N4O3S. The molecule has 0 aromatic heterocycles. The molecule has 0 aliphatic carbocycles. The first-order chi connectivity index (χ1) is 11.4. The van der Waals surface area contributed by atoms with Gasteiger partial charge in [-0.2, -0.15) is 5.26 Å². The number of carbonyl (C=O) groups excluding carboxylic acids is 1. The first-order valence-corrected chi connectivity index (χ1v) is 9.42. The fraction of sp³-hybridized carbons (Fsp3) is 0.500. The summed E-state index contributed by atoms with van der Waals surface area (Å²) in [6, 6.07) is 7.75. The Bertz CT molecular complexity index is 710. The van der Waals surface area contributed by atoms with Gasteiger partial charge in [0.1, 0.15) is 0 Å². The Morgan fingerprint density at radius 1 is 1.38 bits per heavy atom. The summed E-state index contributed by atoms with van der Waals surface area (Å²) in [6.45, 7) is 2.60. The number of piperidine rings is 1. The van der Waals surface area contributed by atoms with Gasteiger partial charge in [0, 0.05) is 13.1 Å². The van der Waals surface area contributed by atoms with E-state index < -0.39 is 10.0 Å². The van der Waals surface area contributed by atoms with Gasteiger partial charge in [0.2, 0.25) is 15.9 Å². The second-order valence-electron chi connectivity index (χ2n) is 5.93. The van der Waals surface area contributed by atoms with Crippen LogP contribution < -0.4 is 10.5 Å². The van der Waals surface area contributed by atoms with Crippen LogP contribution in [0.1, 0.15) is 24.8 Å². The Morgan fingerprint density at radius 3 is 2.71 bits per heavy atom. The van der Waals surface area contributed by atoms with E-state index in [-0.39, 0.29) is 16.7 Å². The molecule has 1 saturated heterocycles. The molecule has 3 N–H and O–H groups in total. The third-order valence-corrected chi connectivity index (χ3v) is 5.62. The van der Waals surface area contributed by atoms with Crippen LogP contribution in [0, 0.1) is 17.2 Å². The van der Waals surface area contributed by atoms with E-state index in [9.17, 15) is 13.2 Å². The van der Waals surface area contributed by atoms with Crippen LogP contribution in [-0.4, -0.2) is 45.4 Å². The zero-order chi connectivity index (χ0) is 17.6. The van der Waals surface area contributed by atoms with E-state index in [1.54, 1.807) is 0 Å². The number of rotatable bonds is 7. The lowest BCUT2D eigenvalue weighted by Gasteiger charge is -2.31. The van der Waals surface area contributed by atoms with E-state index in [1.165, 1.54) is 24.3 Å². The van der Waals surface area contributed by atoms with Crippen LogP contribution >= 0.6 is 0 Å². The Hall–Kier alpha value is -1.95. The van der Waals surface area contributed by atoms with Gasteiger partial charge in [0.05, 0.1) is 22.4 Å². The fourth-order valence-corrected chi connectivity index (χ4v) is 3.87. The summed E-state index contributed by atoms with van der Waals surface area (Å²) in [5.41, 5.74) is 5.77. The van der Waals surface area contributed by atoms with E-state index >= 15 is 0 Å². The van der Waals surface area contributed by atoms with Crippen molar-refractivity contribution in [3.05, 3.63) is 29.8 Å². The van der Waals surface area contributed by atoms with Crippen LogP contribution in [0.25, 0.3) is 0 Å². The molecule has 0 spiro atoms. The van der Waals surface area contributed by atoms with Gasteiger partial charge in [-0.15, -0.1) is 0 Å². The van der Waals surface area contributed by atoms with Gasteiger partial charge < -0.3 is 10.6 Å². The maximum Gasteiger partial charge on any atom is 0.240 e. The zero-order valence-electron chi connectivity index (χ0n) is 13.4. The second kappa shape index (κ2) is 8.24. The minimum Gasteiger partial charge on any atom is -0.369 e. The maximum absolute atomic E-state index is 12.2. The van der Waals surface area contributed by atoms with Gasteiger partial charge in [-0.1, -0.05) is 0 Å². The molecule has 7 nitrogen and oxygen atoms in total. The SMILES string of the molecule is N#Cc1ccc(S(=O)(=O)NCCCN2CCC[C@@H](C(N)=O)C2)cc1. The molecule has 8 heteroatoms. The van der Waals surface area contributed by atoms with E-state index in [1.807, 2.05) is 6.07 Å². The van der Waals surface area contributed by atoms with Crippen LogP contribution in [0.15, 0.2) is 29.2 Å². The van der Waals surface area contributed by atoms with Crippen LogP contribution in [0.2, 0.25) is 0 Å². The number of hydrogen-bond donors (Lipinski definition) is 2. The number of carbonyl (C=O) groups is 1. The van der Waals surface area contributed by atoms with E-state index in [0.29, 0.717) is 25.1 Å². The third kappa shape index (κ3) is 5.03. The van der Waals surface area contributed by atoms with Gasteiger partial charge in [0.25, 0.3) is 0 Å². The molecule has 1 aliphatic heterocycles. The van der Waals surface area contributed by atoms with Crippen LogP contribution in [0.4, 0.5) is 0 Å². The number of nitriles is 1. The molecule has 130 valence electrons. The first-order valence-electron chi connectivity index (χ1n) is 7.94. The molecule has 1 aromatic rings. The molecule has 24 heavy (non-hydrogen) atoms. The van der Waals surface area contributed by atoms with E-state index in [0.717, 1.165) is 25.9 Å². The van der Waals surface area contributed by atoms with Gasteiger partial charge in [-0.25, -0.2) is 13.1 Å². The summed E-state index contributed by atoms with van der Waals surface area (Å²) in [4.78, 5) is 13.5. The molecule has 1 fully saturated rings. The Balaban J connectivity index is 1.78. The van der Waals surface area contributed by atoms with Crippen molar-refractivity contribution in [2.45, 2.75) is 24.2 Å². The highest BCUT2D eigenvalue weighted by Crippen LogP contribution is 2.16. The van der Waals surface area contributed by atoms with Crippen LogP contribution in [-0.2, 0) is 14.8 Å². The van der Waals surface area contributed by atoms with Crippen molar-refractivity contribution in [2.24, 2.45) is 11.7 Å².